The molecule has 0 spiro atoms. The van der Waals surface area contributed by atoms with Gasteiger partial charge in [0.15, 0.2) is 0 Å². The van der Waals surface area contributed by atoms with Gasteiger partial charge in [-0.3, -0.25) is 0 Å². The van der Waals surface area contributed by atoms with Gasteiger partial charge in [0, 0.05) is 4.47 Å². The molecular formula is C13H16BrN3O2. The molecule has 1 aromatic carbocycles. The van der Waals surface area contributed by atoms with E-state index in [1.807, 2.05) is 38.1 Å². The molecule has 1 atom stereocenters. The van der Waals surface area contributed by atoms with E-state index in [4.69, 9.17) is 4.74 Å². The Balaban J connectivity index is 1.86. The van der Waals surface area contributed by atoms with Crippen LogP contribution in [0.4, 0.5) is 0 Å². The van der Waals surface area contributed by atoms with E-state index in [0.717, 1.165) is 16.0 Å². The minimum Gasteiger partial charge on any atom is -0.491 e. The van der Waals surface area contributed by atoms with Gasteiger partial charge in [0.25, 0.3) is 0 Å². The standard InChI is InChI=1S/C13H16BrN3O2/c1-9-15-10(2)17(16-9)7-12(18)8-19-13-5-3-11(14)4-6-13/h3-6,12,18H,7-8H2,1-2H3/t12-/m0/s1. The first-order valence-electron chi connectivity index (χ1n) is 5.99. The van der Waals surface area contributed by atoms with Crippen molar-refractivity contribution in [2.75, 3.05) is 6.61 Å². The number of hydrogen-bond acceptors (Lipinski definition) is 4. The zero-order valence-corrected chi connectivity index (χ0v) is 12.5. The number of aromatic nitrogens is 3. The Labute approximate surface area is 120 Å². The number of halogens is 1. The molecule has 0 amide bonds. The van der Waals surface area contributed by atoms with Crippen LogP contribution in [0.15, 0.2) is 28.7 Å². The van der Waals surface area contributed by atoms with Crippen LogP contribution in [-0.4, -0.2) is 32.6 Å². The maximum absolute atomic E-state index is 9.93. The number of hydrogen-bond donors (Lipinski definition) is 1. The van der Waals surface area contributed by atoms with Crippen LogP contribution >= 0.6 is 15.9 Å². The van der Waals surface area contributed by atoms with Crippen molar-refractivity contribution in [2.24, 2.45) is 0 Å². The first kappa shape index (κ1) is 14.0. The average molecular weight is 326 g/mol. The SMILES string of the molecule is Cc1nc(C)n(C[C@H](O)COc2ccc(Br)cc2)n1. The summed E-state index contributed by atoms with van der Waals surface area (Å²) in [6.07, 6.45) is -0.622. The average Bonchev–Trinajstić information content (AvgIpc) is 2.67. The molecule has 1 N–H and O–H groups in total. The maximum atomic E-state index is 9.93. The molecule has 6 heteroatoms. The van der Waals surface area contributed by atoms with Crippen LogP contribution in [0.1, 0.15) is 11.6 Å². The number of nitrogens with zero attached hydrogens (tertiary/aromatic N) is 3. The first-order valence-corrected chi connectivity index (χ1v) is 6.78. The molecule has 5 nitrogen and oxygen atoms in total. The minimum absolute atomic E-state index is 0.222. The van der Waals surface area contributed by atoms with Crippen LogP contribution in [0, 0.1) is 13.8 Å². The van der Waals surface area contributed by atoms with Gasteiger partial charge in [0.2, 0.25) is 0 Å². The van der Waals surface area contributed by atoms with E-state index in [1.54, 1.807) is 4.68 Å². The highest BCUT2D eigenvalue weighted by atomic mass is 79.9. The summed E-state index contributed by atoms with van der Waals surface area (Å²) in [6.45, 7) is 4.29. The van der Waals surface area contributed by atoms with E-state index in [1.165, 1.54) is 0 Å². The van der Waals surface area contributed by atoms with Crippen LogP contribution in [-0.2, 0) is 6.54 Å². The number of rotatable bonds is 5. The molecule has 0 saturated carbocycles. The molecule has 1 aromatic heterocycles. The summed E-state index contributed by atoms with van der Waals surface area (Å²) in [5.74, 6) is 2.23. The maximum Gasteiger partial charge on any atom is 0.147 e. The van der Waals surface area contributed by atoms with Gasteiger partial charge in [0.1, 0.15) is 30.1 Å². The highest BCUT2D eigenvalue weighted by Gasteiger charge is 2.10. The number of aryl methyl sites for hydroxylation is 2. The van der Waals surface area contributed by atoms with Crippen LogP contribution < -0.4 is 4.74 Å². The number of ether oxygens (including phenoxy) is 1. The Morgan fingerprint density at radius 2 is 2.00 bits per heavy atom. The number of benzene rings is 1. The molecule has 2 aromatic rings. The van der Waals surface area contributed by atoms with Gasteiger partial charge in [0.05, 0.1) is 6.54 Å². The smallest absolute Gasteiger partial charge is 0.147 e. The molecule has 0 fully saturated rings. The Morgan fingerprint density at radius 3 is 2.58 bits per heavy atom. The van der Waals surface area contributed by atoms with Gasteiger partial charge in [-0.15, -0.1) is 0 Å². The second kappa shape index (κ2) is 6.16. The molecule has 0 unspecified atom stereocenters. The predicted molar refractivity (Wildman–Crippen MR) is 75.1 cm³/mol. The molecule has 19 heavy (non-hydrogen) atoms. The predicted octanol–water partition coefficient (Wildman–Crippen LogP) is 2.10. The number of aliphatic hydroxyl groups excluding tert-OH is 1. The zero-order valence-electron chi connectivity index (χ0n) is 10.9. The second-order valence-corrected chi connectivity index (χ2v) is 5.22. The highest BCUT2D eigenvalue weighted by Crippen LogP contribution is 2.16. The van der Waals surface area contributed by atoms with Crippen molar-refractivity contribution >= 4 is 15.9 Å². The Hall–Kier alpha value is -1.40. The van der Waals surface area contributed by atoms with E-state index in [0.29, 0.717) is 12.4 Å². The van der Waals surface area contributed by atoms with E-state index in [2.05, 4.69) is 26.0 Å². The van der Waals surface area contributed by atoms with Gasteiger partial charge >= 0.3 is 0 Å². The fourth-order valence-corrected chi connectivity index (χ4v) is 1.97. The lowest BCUT2D eigenvalue weighted by molar-refractivity contribution is 0.0886. The molecule has 0 aliphatic heterocycles. The van der Waals surface area contributed by atoms with E-state index >= 15 is 0 Å². The molecule has 2 rings (SSSR count). The van der Waals surface area contributed by atoms with Crippen molar-refractivity contribution < 1.29 is 9.84 Å². The third-order valence-corrected chi connectivity index (χ3v) is 3.13. The summed E-state index contributed by atoms with van der Waals surface area (Å²) in [7, 11) is 0. The van der Waals surface area contributed by atoms with Gasteiger partial charge < -0.3 is 9.84 Å². The van der Waals surface area contributed by atoms with E-state index in [-0.39, 0.29) is 6.61 Å². The largest absolute Gasteiger partial charge is 0.491 e. The highest BCUT2D eigenvalue weighted by molar-refractivity contribution is 9.10. The summed E-state index contributed by atoms with van der Waals surface area (Å²) in [5.41, 5.74) is 0. The van der Waals surface area contributed by atoms with Crippen molar-refractivity contribution in [2.45, 2.75) is 26.5 Å². The monoisotopic (exact) mass is 325 g/mol. The third kappa shape index (κ3) is 4.04. The van der Waals surface area contributed by atoms with Gasteiger partial charge in [-0.1, -0.05) is 15.9 Å². The van der Waals surface area contributed by atoms with Crippen molar-refractivity contribution in [1.82, 2.24) is 14.8 Å². The molecule has 0 bridgehead atoms. The lowest BCUT2D eigenvalue weighted by atomic mass is 10.3. The summed E-state index contributed by atoms with van der Waals surface area (Å²) < 4.78 is 8.19. The van der Waals surface area contributed by atoms with Gasteiger partial charge in [-0.05, 0) is 38.1 Å². The van der Waals surface area contributed by atoms with Crippen LogP contribution in [0.3, 0.4) is 0 Å². The van der Waals surface area contributed by atoms with Crippen molar-refractivity contribution in [3.8, 4) is 5.75 Å². The van der Waals surface area contributed by atoms with Crippen LogP contribution in [0.25, 0.3) is 0 Å². The zero-order chi connectivity index (χ0) is 13.8. The summed E-state index contributed by atoms with van der Waals surface area (Å²) in [5, 5.41) is 14.1. The Bertz CT molecular complexity index is 539. The van der Waals surface area contributed by atoms with Crippen molar-refractivity contribution in [1.29, 1.82) is 0 Å². The minimum atomic E-state index is -0.622. The van der Waals surface area contributed by atoms with Crippen LogP contribution in [0.5, 0.6) is 5.75 Å². The molecule has 1 heterocycles. The molecule has 0 saturated heterocycles. The Morgan fingerprint density at radius 1 is 1.32 bits per heavy atom. The quantitative estimate of drug-likeness (QED) is 0.914. The lowest BCUT2D eigenvalue weighted by Crippen LogP contribution is -2.24. The first-order chi connectivity index (χ1) is 9.04. The summed E-state index contributed by atoms with van der Waals surface area (Å²) in [4.78, 5) is 4.19. The van der Waals surface area contributed by atoms with Crippen molar-refractivity contribution in [3.05, 3.63) is 40.4 Å². The molecule has 0 radical (unpaired) electrons. The number of aliphatic hydroxyl groups is 1. The molecule has 0 aliphatic rings. The van der Waals surface area contributed by atoms with Gasteiger partial charge in [-0.2, -0.15) is 5.10 Å². The topological polar surface area (TPSA) is 60.2 Å². The van der Waals surface area contributed by atoms with E-state index in [9.17, 15) is 5.11 Å². The summed E-state index contributed by atoms with van der Waals surface area (Å²) in [6, 6.07) is 7.49. The fourth-order valence-electron chi connectivity index (χ4n) is 1.71. The fraction of sp³-hybridized carbons (Fsp3) is 0.385. The molecule has 102 valence electrons. The van der Waals surface area contributed by atoms with E-state index < -0.39 is 6.10 Å². The molecule has 0 aliphatic carbocycles. The molecular weight excluding hydrogens is 310 g/mol. The van der Waals surface area contributed by atoms with Crippen molar-refractivity contribution in [3.63, 3.8) is 0 Å². The summed E-state index contributed by atoms with van der Waals surface area (Å²) >= 11 is 3.36. The van der Waals surface area contributed by atoms with Gasteiger partial charge in [-0.25, -0.2) is 9.67 Å². The Kier molecular flexibility index (Phi) is 4.55. The second-order valence-electron chi connectivity index (χ2n) is 4.31. The lowest BCUT2D eigenvalue weighted by Gasteiger charge is -2.13. The third-order valence-electron chi connectivity index (χ3n) is 2.60. The van der Waals surface area contributed by atoms with Crippen LogP contribution in [0.2, 0.25) is 0 Å². The normalized spacial score (nSPS) is 12.4.